The molecule has 1 N–H and O–H groups in total. The highest BCUT2D eigenvalue weighted by atomic mass is 15.5. The molecule has 0 saturated heterocycles. The highest BCUT2D eigenvalue weighted by molar-refractivity contribution is 5.80. The molecule has 8 heteroatoms. The van der Waals surface area contributed by atoms with Gasteiger partial charge in [0.05, 0.1) is 6.54 Å². The van der Waals surface area contributed by atoms with Gasteiger partial charge in [-0.3, -0.25) is 4.68 Å². The van der Waals surface area contributed by atoms with E-state index in [0.717, 1.165) is 54.0 Å². The molecule has 0 radical (unpaired) electrons. The summed E-state index contributed by atoms with van der Waals surface area (Å²) in [6.45, 7) is 5.05. The van der Waals surface area contributed by atoms with Crippen LogP contribution in [0.3, 0.4) is 0 Å². The first-order valence-corrected chi connectivity index (χ1v) is 11.1. The molecule has 0 spiro atoms. The van der Waals surface area contributed by atoms with E-state index in [2.05, 4.69) is 75.7 Å². The Bertz CT molecular complexity index is 1310. The SMILES string of the molecule is CCCCc1cn(Cc2ccc(-c3ccccc3-c3nn[nH]n3)cc2)n2nc(CC)nc12. The van der Waals surface area contributed by atoms with E-state index < -0.39 is 0 Å². The van der Waals surface area contributed by atoms with Gasteiger partial charge in [-0.15, -0.1) is 15.3 Å². The molecule has 32 heavy (non-hydrogen) atoms. The number of unbranched alkanes of at least 4 members (excludes halogenated alkanes) is 1. The lowest BCUT2D eigenvalue weighted by molar-refractivity contribution is 0.580. The summed E-state index contributed by atoms with van der Waals surface area (Å²) in [7, 11) is 0. The number of nitrogens with zero attached hydrogens (tertiary/aromatic N) is 7. The van der Waals surface area contributed by atoms with Gasteiger partial charge in [-0.2, -0.15) is 9.84 Å². The van der Waals surface area contributed by atoms with Crippen molar-refractivity contribution in [2.75, 3.05) is 0 Å². The van der Waals surface area contributed by atoms with Gasteiger partial charge >= 0.3 is 0 Å². The second-order valence-corrected chi connectivity index (χ2v) is 7.93. The topological polar surface area (TPSA) is 89.6 Å². The number of aryl methyl sites for hydroxylation is 2. The maximum absolute atomic E-state index is 4.75. The highest BCUT2D eigenvalue weighted by Crippen LogP contribution is 2.29. The predicted molar refractivity (Wildman–Crippen MR) is 123 cm³/mol. The number of nitrogens with one attached hydrogen (secondary N) is 1. The first kappa shape index (κ1) is 20.1. The Hall–Kier alpha value is -3.81. The van der Waals surface area contributed by atoms with Gasteiger partial charge in [-0.05, 0) is 34.7 Å². The smallest absolute Gasteiger partial charge is 0.205 e. The second kappa shape index (κ2) is 8.74. The third kappa shape index (κ3) is 3.79. The molecule has 3 aromatic heterocycles. The Labute approximate surface area is 186 Å². The molecule has 2 aromatic carbocycles. The van der Waals surface area contributed by atoms with Crippen LogP contribution in [-0.4, -0.2) is 40.0 Å². The summed E-state index contributed by atoms with van der Waals surface area (Å²) in [6, 6.07) is 16.7. The number of aromatic nitrogens is 8. The Morgan fingerprint density at radius 2 is 1.78 bits per heavy atom. The Kier molecular flexibility index (Phi) is 5.49. The maximum Gasteiger partial charge on any atom is 0.205 e. The number of hydrogen-bond acceptors (Lipinski definition) is 5. The Morgan fingerprint density at radius 3 is 2.50 bits per heavy atom. The second-order valence-electron chi connectivity index (χ2n) is 7.93. The highest BCUT2D eigenvalue weighted by Gasteiger charge is 2.14. The molecule has 3 heterocycles. The van der Waals surface area contributed by atoms with E-state index in [1.54, 1.807) is 0 Å². The lowest BCUT2D eigenvalue weighted by Gasteiger charge is -2.09. The van der Waals surface area contributed by atoms with Crippen LogP contribution in [0.5, 0.6) is 0 Å². The van der Waals surface area contributed by atoms with Gasteiger partial charge in [0.25, 0.3) is 0 Å². The number of rotatable bonds is 8. The standard InChI is InChI=1S/C24H26N8/c1-3-5-8-19-16-31(32-24(19)25-22(4-2)28-32)15-17-11-13-18(14-12-17)20-9-6-7-10-21(20)23-26-29-30-27-23/h6-7,9-14,16H,3-5,8,15H2,1-2H3,(H,26,27,29,30). The van der Waals surface area contributed by atoms with Crippen LogP contribution in [0.15, 0.2) is 54.7 Å². The zero-order chi connectivity index (χ0) is 21.9. The summed E-state index contributed by atoms with van der Waals surface area (Å²) in [5.41, 5.74) is 6.61. The molecule has 5 rings (SSSR count). The van der Waals surface area contributed by atoms with Gasteiger partial charge in [0.1, 0.15) is 0 Å². The molecule has 0 bridgehead atoms. The van der Waals surface area contributed by atoms with Crippen LogP contribution in [0.2, 0.25) is 0 Å². The number of hydrogen-bond donors (Lipinski definition) is 1. The van der Waals surface area contributed by atoms with E-state index in [4.69, 9.17) is 10.1 Å². The van der Waals surface area contributed by atoms with Gasteiger partial charge in [0.15, 0.2) is 11.5 Å². The molecule has 0 unspecified atom stereocenters. The molecular formula is C24H26N8. The van der Waals surface area contributed by atoms with E-state index in [-0.39, 0.29) is 0 Å². The van der Waals surface area contributed by atoms with E-state index in [1.807, 2.05) is 22.8 Å². The number of fused-ring (bicyclic) bond motifs is 1. The van der Waals surface area contributed by atoms with Gasteiger partial charge in [-0.1, -0.05) is 68.8 Å². The fourth-order valence-electron chi connectivity index (χ4n) is 4.01. The van der Waals surface area contributed by atoms with E-state index in [9.17, 15) is 0 Å². The molecule has 0 aliphatic heterocycles. The summed E-state index contributed by atoms with van der Waals surface area (Å²) in [6.07, 6.45) is 6.38. The van der Waals surface area contributed by atoms with Crippen molar-refractivity contribution in [2.45, 2.75) is 46.1 Å². The quantitative estimate of drug-likeness (QED) is 0.399. The molecule has 5 aromatic rings. The minimum atomic E-state index is 0.594. The van der Waals surface area contributed by atoms with Crippen molar-refractivity contribution in [3.8, 4) is 22.5 Å². The maximum atomic E-state index is 4.75. The van der Waals surface area contributed by atoms with Crippen molar-refractivity contribution in [1.82, 2.24) is 40.0 Å². The third-order valence-corrected chi connectivity index (χ3v) is 5.71. The molecule has 8 nitrogen and oxygen atoms in total. The molecule has 0 fully saturated rings. The van der Waals surface area contributed by atoms with Crippen molar-refractivity contribution >= 4 is 5.65 Å². The van der Waals surface area contributed by atoms with Crippen molar-refractivity contribution < 1.29 is 0 Å². The minimum Gasteiger partial charge on any atom is -0.266 e. The van der Waals surface area contributed by atoms with Gasteiger partial charge in [0, 0.05) is 23.7 Å². The Balaban J connectivity index is 1.44. The van der Waals surface area contributed by atoms with Crippen molar-refractivity contribution in [3.63, 3.8) is 0 Å². The molecule has 0 saturated carbocycles. The van der Waals surface area contributed by atoms with E-state index in [1.165, 1.54) is 17.5 Å². The summed E-state index contributed by atoms with van der Waals surface area (Å²) >= 11 is 0. The molecular weight excluding hydrogens is 400 g/mol. The van der Waals surface area contributed by atoms with Crippen LogP contribution in [0.1, 0.15) is 43.6 Å². The molecule has 0 aliphatic carbocycles. The average Bonchev–Trinajstić information content (AvgIpc) is 3.57. The zero-order valence-corrected chi connectivity index (χ0v) is 18.4. The van der Waals surface area contributed by atoms with Crippen molar-refractivity contribution in [1.29, 1.82) is 0 Å². The third-order valence-electron chi connectivity index (χ3n) is 5.71. The first-order chi connectivity index (χ1) is 15.8. The van der Waals surface area contributed by atoms with Crippen LogP contribution < -0.4 is 0 Å². The van der Waals surface area contributed by atoms with Crippen LogP contribution in [0.25, 0.3) is 28.2 Å². The van der Waals surface area contributed by atoms with Crippen LogP contribution >= 0.6 is 0 Å². The van der Waals surface area contributed by atoms with Crippen LogP contribution in [0.4, 0.5) is 0 Å². The zero-order valence-electron chi connectivity index (χ0n) is 18.4. The molecule has 0 amide bonds. The first-order valence-electron chi connectivity index (χ1n) is 11.1. The van der Waals surface area contributed by atoms with Crippen molar-refractivity contribution in [2.24, 2.45) is 0 Å². The van der Waals surface area contributed by atoms with Gasteiger partial charge in [0.2, 0.25) is 5.82 Å². The number of tetrazole rings is 1. The van der Waals surface area contributed by atoms with Gasteiger partial charge < -0.3 is 0 Å². The van der Waals surface area contributed by atoms with Crippen LogP contribution in [0, 0.1) is 0 Å². The Morgan fingerprint density at radius 1 is 0.969 bits per heavy atom. The van der Waals surface area contributed by atoms with E-state index in [0.29, 0.717) is 5.82 Å². The summed E-state index contributed by atoms with van der Waals surface area (Å²) < 4.78 is 4.12. The number of H-pyrrole nitrogens is 1. The number of aromatic amines is 1. The fourth-order valence-corrected chi connectivity index (χ4v) is 4.01. The summed E-state index contributed by atoms with van der Waals surface area (Å²) in [5.74, 6) is 1.48. The van der Waals surface area contributed by atoms with Crippen LogP contribution in [-0.2, 0) is 19.4 Å². The summed E-state index contributed by atoms with van der Waals surface area (Å²) in [5, 5.41) is 19.2. The lowest BCUT2D eigenvalue weighted by Crippen LogP contribution is -2.07. The van der Waals surface area contributed by atoms with Gasteiger partial charge in [-0.25, -0.2) is 4.98 Å². The van der Waals surface area contributed by atoms with Crippen molar-refractivity contribution in [3.05, 3.63) is 71.7 Å². The van der Waals surface area contributed by atoms with E-state index >= 15 is 0 Å². The number of benzene rings is 2. The average molecular weight is 427 g/mol. The normalized spacial score (nSPS) is 11.4. The molecule has 0 atom stereocenters. The fraction of sp³-hybridized carbons (Fsp3) is 0.292. The summed E-state index contributed by atoms with van der Waals surface area (Å²) in [4.78, 5) is 4.75. The molecule has 0 aliphatic rings. The predicted octanol–water partition coefficient (Wildman–Crippen LogP) is 4.33. The largest absolute Gasteiger partial charge is 0.266 e. The lowest BCUT2D eigenvalue weighted by atomic mass is 9.98. The monoisotopic (exact) mass is 426 g/mol. The minimum absolute atomic E-state index is 0.594. The molecule has 162 valence electrons.